The summed E-state index contributed by atoms with van der Waals surface area (Å²) >= 11 is 0. The summed E-state index contributed by atoms with van der Waals surface area (Å²) in [6.45, 7) is 5.08. The van der Waals surface area contributed by atoms with Crippen molar-refractivity contribution >= 4 is 22.0 Å². The van der Waals surface area contributed by atoms with Gasteiger partial charge in [0.05, 0.1) is 18.1 Å². The summed E-state index contributed by atoms with van der Waals surface area (Å²) in [6.07, 6.45) is -2.02. The van der Waals surface area contributed by atoms with Crippen LogP contribution in [0.25, 0.3) is 0 Å². The maximum Gasteiger partial charge on any atom is 0.347 e. The molecule has 0 bridgehead atoms. The van der Waals surface area contributed by atoms with Crippen LogP contribution >= 0.6 is 0 Å². The number of esters is 2. The molecule has 1 aromatic rings. The predicted octanol–water partition coefficient (Wildman–Crippen LogP) is 0.922. The monoisotopic (exact) mass is 399 g/mol. The lowest BCUT2D eigenvalue weighted by Gasteiger charge is -2.24. The van der Waals surface area contributed by atoms with Gasteiger partial charge in [0.1, 0.15) is 6.04 Å². The number of aliphatic hydroxyl groups excluding tert-OH is 1. The van der Waals surface area contributed by atoms with Crippen LogP contribution < -0.4 is 0 Å². The lowest BCUT2D eigenvalue weighted by molar-refractivity contribution is -0.168. The first-order chi connectivity index (χ1) is 12.6. The van der Waals surface area contributed by atoms with Crippen molar-refractivity contribution in [2.24, 2.45) is 0 Å². The SMILES string of the molecule is CC[C@H](OC(=O)[C@@H]1C[C@H](O)CN1S(=O)(=O)c1ccc(C)c(C)c1)C(=O)OC. The van der Waals surface area contributed by atoms with Gasteiger partial charge in [-0.2, -0.15) is 4.31 Å². The van der Waals surface area contributed by atoms with Crippen molar-refractivity contribution in [3.8, 4) is 0 Å². The normalized spacial score (nSPS) is 21.7. The molecule has 0 saturated carbocycles. The van der Waals surface area contributed by atoms with Crippen molar-refractivity contribution in [2.45, 2.75) is 56.8 Å². The van der Waals surface area contributed by atoms with Crippen LogP contribution in [0.5, 0.6) is 0 Å². The topological polar surface area (TPSA) is 110 Å². The van der Waals surface area contributed by atoms with E-state index < -0.39 is 40.2 Å². The number of β-amino-alcohol motifs (C(OH)–C–C–N with tert-alkyl or cyclic N) is 1. The molecule has 8 nitrogen and oxygen atoms in total. The number of benzene rings is 1. The van der Waals surface area contributed by atoms with E-state index in [1.807, 2.05) is 6.92 Å². The van der Waals surface area contributed by atoms with Crippen molar-refractivity contribution in [1.82, 2.24) is 4.31 Å². The number of aliphatic hydroxyl groups is 1. The van der Waals surface area contributed by atoms with E-state index in [1.54, 1.807) is 19.9 Å². The number of methoxy groups -OCH3 is 1. The van der Waals surface area contributed by atoms with Crippen LogP contribution in [0.2, 0.25) is 0 Å². The fourth-order valence-corrected chi connectivity index (χ4v) is 4.63. The van der Waals surface area contributed by atoms with Gasteiger partial charge in [0.15, 0.2) is 6.10 Å². The average Bonchev–Trinajstić information content (AvgIpc) is 3.03. The zero-order chi connectivity index (χ0) is 20.4. The molecule has 1 aliphatic heterocycles. The first kappa shape index (κ1) is 21.3. The van der Waals surface area contributed by atoms with Gasteiger partial charge < -0.3 is 14.6 Å². The van der Waals surface area contributed by atoms with Crippen LogP contribution in [0.15, 0.2) is 23.1 Å². The van der Waals surface area contributed by atoms with Gasteiger partial charge in [-0.1, -0.05) is 13.0 Å². The van der Waals surface area contributed by atoms with Gasteiger partial charge in [0.25, 0.3) is 0 Å². The molecule has 1 heterocycles. The molecule has 0 radical (unpaired) electrons. The fourth-order valence-electron chi connectivity index (χ4n) is 2.92. The van der Waals surface area contributed by atoms with E-state index in [9.17, 15) is 23.1 Å². The van der Waals surface area contributed by atoms with E-state index in [1.165, 1.54) is 19.2 Å². The number of aryl methyl sites for hydroxylation is 2. The summed E-state index contributed by atoms with van der Waals surface area (Å²) in [4.78, 5) is 24.2. The number of rotatable bonds is 6. The summed E-state index contributed by atoms with van der Waals surface area (Å²) in [7, 11) is -2.84. The van der Waals surface area contributed by atoms with Crippen molar-refractivity contribution in [2.75, 3.05) is 13.7 Å². The number of carbonyl (C=O) groups excluding carboxylic acids is 2. The van der Waals surface area contributed by atoms with Crippen LogP contribution in [-0.2, 0) is 29.1 Å². The molecule has 1 N–H and O–H groups in total. The molecule has 1 saturated heterocycles. The quantitative estimate of drug-likeness (QED) is 0.708. The Balaban J connectivity index is 2.30. The highest BCUT2D eigenvalue weighted by Gasteiger charge is 2.45. The third-order valence-electron chi connectivity index (χ3n) is 4.68. The Morgan fingerprint density at radius 1 is 1.30 bits per heavy atom. The van der Waals surface area contributed by atoms with E-state index in [2.05, 4.69) is 4.74 Å². The van der Waals surface area contributed by atoms with E-state index >= 15 is 0 Å². The first-order valence-corrected chi connectivity index (χ1v) is 10.1. The summed E-state index contributed by atoms with van der Waals surface area (Å²) in [5, 5.41) is 9.97. The van der Waals surface area contributed by atoms with Crippen LogP contribution in [0.1, 0.15) is 30.9 Å². The molecule has 0 aliphatic carbocycles. The Hall–Kier alpha value is -1.97. The second kappa shape index (κ2) is 8.37. The molecular formula is C18H25NO7S. The number of carbonyl (C=O) groups is 2. The fraction of sp³-hybridized carbons (Fsp3) is 0.556. The second-order valence-electron chi connectivity index (χ2n) is 6.58. The molecule has 0 spiro atoms. The van der Waals surface area contributed by atoms with E-state index in [-0.39, 0.29) is 24.3 Å². The molecule has 1 aromatic carbocycles. The maximum absolute atomic E-state index is 13.0. The van der Waals surface area contributed by atoms with Crippen molar-refractivity contribution in [1.29, 1.82) is 0 Å². The highest BCUT2D eigenvalue weighted by molar-refractivity contribution is 7.89. The van der Waals surface area contributed by atoms with Crippen LogP contribution in [0.3, 0.4) is 0 Å². The standard InChI is InChI=1S/C18H25NO7S/c1-5-16(18(22)25-4)26-17(21)15-9-13(20)10-19(15)27(23,24)14-7-6-11(2)12(3)8-14/h6-8,13,15-16,20H,5,9-10H2,1-4H3/t13-,15-,16-/m0/s1. The number of nitrogens with zero attached hydrogens (tertiary/aromatic N) is 1. The molecule has 27 heavy (non-hydrogen) atoms. The Morgan fingerprint density at radius 2 is 1.96 bits per heavy atom. The van der Waals surface area contributed by atoms with Crippen LogP contribution in [0.4, 0.5) is 0 Å². The van der Waals surface area contributed by atoms with Gasteiger partial charge in [-0.05, 0) is 43.5 Å². The molecule has 0 amide bonds. The summed E-state index contributed by atoms with van der Waals surface area (Å²) < 4.78 is 36.7. The minimum atomic E-state index is -4.02. The zero-order valence-corrected chi connectivity index (χ0v) is 16.7. The second-order valence-corrected chi connectivity index (χ2v) is 8.47. The van der Waals surface area contributed by atoms with Gasteiger partial charge in [-0.25, -0.2) is 13.2 Å². The number of hydrogen-bond donors (Lipinski definition) is 1. The highest BCUT2D eigenvalue weighted by atomic mass is 32.2. The molecule has 0 aromatic heterocycles. The Kier molecular flexibility index (Phi) is 6.61. The van der Waals surface area contributed by atoms with Gasteiger partial charge in [-0.15, -0.1) is 0 Å². The smallest absolute Gasteiger partial charge is 0.347 e. The van der Waals surface area contributed by atoms with Crippen LogP contribution in [-0.4, -0.2) is 61.7 Å². The highest BCUT2D eigenvalue weighted by Crippen LogP contribution is 2.28. The predicted molar refractivity (Wildman–Crippen MR) is 96.4 cm³/mol. The number of sulfonamides is 1. The summed E-state index contributed by atoms with van der Waals surface area (Å²) in [6, 6.07) is 3.48. The van der Waals surface area contributed by atoms with Gasteiger partial charge in [0, 0.05) is 13.0 Å². The molecule has 3 atom stereocenters. The van der Waals surface area contributed by atoms with Crippen molar-refractivity contribution in [3.63, 3.8) is 0 Å². The minimum absolute atomic E-state index is 0.0394. The third-order valence-corrected chi connectivity index (χ3v) is 6.55. The van der Waals surface area contributed by atoms with Crippen molar-refractivity contribution in [3.05, 3.63) is 29.3 Å². The largest absolute Gasteiger partial charge is 0.466 e. The summed E-state index contributed by atoms with van der Waals surface area (Å²) in [5.41, 5.74) is 1.74. The van der Waals surface area contributed by atoms with Gasteiger partial charge >= 0.3 is 11.9 Å². The molecular weight excluding hydrogens is 374 g/mol. The Morgan fingerprint density at radius 3 is 2.52 bits per heavy atom. The molecule has 9 heteroatoms. The van der Waals surface area contributed by atoms with E-state index in [0.29, 0.717) is 0 Å². The minimum Gasteiger partial charge on any atom is -0.466 e. The van der Waals surface area contributed by atoms with Gasteiger partial charge in [-0.3, -0.25) is 4.79 Å². The maximum atomic E-state index is 13.0. The van der Waals surface area contributed by atoms with Crippen molar-refractivity contribution < 1.29 is 32.6 Å². The summed E-state index contributed by atoms with van der Waals surface area (Å²) in [5.74, 6) is -1.59. The van der Waals surface area contributed by atoms with E-state index in [4.69, 9.17) is 4.74 Å². The molecule has 1 fully saturated rings. The average molecular weight is 399 g/mol. The lowest BCUT2D eigenvalue weighted by atomic mass is 10.1. The zero-order valence-electron chi connectivity index (χ0n) is 15.8. The molecule has 0 unspecified atom stereocenters. The molecule has 2 rings (SSSR count). The van der Waals surface area contributed by atoms with E-state index in [0.717, 1.165) is 15.4 Å². The third kappa shape index (κ3) is 4.48. The van der Waals surface area contributed by atoms with Crippen LogP contribution in [0, 0.1) is 13.8 Å². The first-order valence-electron chi connectivity index (χ1n) is 8.67. The Labute approximate surface area is 159 Å². The number of hydrogen-bond acceptors (Lipinski definition) is 7. The Bertz CT molecular complexity index is 821. The lowest BCUT2D eigenvalue weighted by Crippen LogP contribution is -2.43. The van der Waals surface area contributed by atoms with Gasteiger partial charge in [0.2, 0.25) is 10.0 Å². The molecule has 1 aliphatic rings. The number of ether oxygens (including phenoxy) is 2. The molecule has 150 valence electrons.